The molecule has 0 spiro atoms. The van der Waals surface area contributed by atoms with Crippen molar-refractivity contribution in [2.75, 3.05) is 11.9 Å². The molecular weight excluding hydrogens is 393 g/mol. The molecule has 0 atom stereocenters. The smallest absolute Gasteiger partial charge is 0.251 e. The molecular formula is C18H15Cl2N3O2S. The van der Waals surface area contributed by atoms with Gasteiger partial charge in [-0.3, -0.25) is 9.59 Å². The van der Waals surface area contributed by atoms with E-state index in [1.807, 2.05) is 12.1 Å². The van der Waals surface area contributed by atoms with E-state index in [0.29, 0.717) is 33.7 Å². The van der Waals surface area contributed by atoms with Gasteiger partial charge in [0.25, 0.3) is 5.91 Å². The molecule has 2 aromatic carbocycles. The molecule has 8 heteroatoms. The van der Waals surface area contributed by atoms with Gasteiger partial charge >= 0.3 is 0 Å². The van der Waals surface area contributed by atoms with Crippen molar-refractivity contribution in [3.8, 4) is 0 Å². The highest BCUT2D eigenvalue weighted by atomic mass is 35.5. The highest BCUT2D eigenvalue weighted by Crippen LogP contribution is 2.28. The third kappa shape index (κ3) is 4.94. The Kier molecular flexibility index (Phi) is 6.08. The molecule has 0 saturated heterocycles. The van der Waals surface area contributed by atoms with Crippen molar-refractivity contribution in [2.45, 2.75) is 12.8 Å². The van der Waals surface area contributed by atoms with E-state index in [-0.39, 0.29) is 18.2 Å². The summed E-state index contributed by atoms with van der Waals surface area (Å²) in [7, 11) is 0. The van der Waals surface area contributed by atoms with E-state index in [0.717, 1.165) is 10.2 Å². The van der Waals surface area contributed by atoms with Gasteiger partial charge < -0.3 is 10.6 Å². The fourth-order valence-corrected chi connectivity index (χ4v) is 3.57. The van der Waals surface area contributed by atoms with Gasteiger partial charge in [0.2, 0.25) is 5.91 Å². The van der Waals surface area contributed by atoms with Crippen LogP contribution in [0.4, 0.5) is 5.13 Å². The van der Waals surface area contributed by atoms with Crippen LogP contribution < -0.4 is 10.6 Å². The van der Waals surface area contributed by atoms with Crippen molar-refractivity contribution in [3.05, 3.63) is 58.1 Å². The number of carbonyl (C=O) groups excluding carboxylic acids is 2. The van der Waals surface area contributed by atoms with Gasteiger partial charge in [-0.2, -0.15) is 0 Å². The van der Waals surface area contributed by atoms with E-state index >= 15 is 0 Å². The topological polar surface area (TPSA) is 71.1 Å². The summed E-state index contributed by atoms with van der Waals surface area (Å²) >= 11 is 13.1. The van der Waals surface area contributed by atoms with Crippen LogP contribution in [0.5, 0.6) is 0 Å². The second-order valence-corrected chi connectivity index (χ2v) is 7.45. The Balaban J connectivity index is 1.43. The van der Waals surface area contributed by atoms with Crippen LogP contribution in [-0.2, 0) is 4.79 Å². The van der Waals surface area contributed by atoms with Crippen LogP contribution >= 0.6 is 34.5 Å². The molecule has 0 aliphatic rings. The summed E-state index contributed by atoms with van der Waals surface area (Å²) in [5.74, 6) is -0.332. The van der Waals surface area contributed by atoms with E-state index in [4.69, 9.17) is 23.2 Å². The molecule has 0 aliphatic heterocycles. The van der Waals surface area contributed by atoms with Crippen molar-refractivity contribution in [3.63, 3.8) is 0 Å². The minimum atomic E-state index is -0.190. The van der Waals surface area contributed by atoms with Gasteiger partial charge in [0.15, 0.2) is 5.13 Å². The summed E-state index contributed by atoms with van der Waals surface area (Å²) in [6, 6.07) is 12.0. The number of rotatable bonds is 6. The van der Waals surface area contributed by atoms with E-state index in [1.165, 1.54) is 11.3 Å². The number of carbonyl (C=O) groups is 2. The van der Waals surface area contributed by atoms with Crippen LogP contribution in [-0.4, -0.2) is 23.3 Å². The van der Waals surface area contributed by atoms with Crippen LogP contribution in [0.2, 0.25) is 10.0 Å². The Morgan fingerprint density at radius 1 is 1.04 bits per heavy atom. The van der Waals surface area contributed by atoms with Gasteiger partial charge in [0, 0.05) is 28.6 Å². The Morgan fingerprint density at radius 3 is 2.54 bits per heavy atom. The SMILES string of the molecule is O=C(CCCNC(=O)c1ccc(Cl)cc1)Nc1nc2ccc(Cl)cc2s1. The number of amides is 2. The molecule has 134 valence electrons. The average Bonchev–Trinajstić information content (AvgIpc) is 3.00. The van der Waals surface area contributed by atoms with E-state index < -0.39 is 0 Å². The zero-order valence-corrected chi connectivity index (χ0v) is 15.9. The number of hydrogen-bond donors (Lipinski definition) is 2. The second-order valence-electron chi connectivity index (χ2n) is 5.55. The molecule has 0 aliphatic carbocycles. The molecule has 0 fully saturated rings. The number of aromatic nitrogens is 1. The monoisotopic (exact) mass is 407 g/mol. The van der Waals surface area contributed by atoms with Gasteiger partial charge in [-0.1, -0.05) is 34.5 Å². The fraction of sp³-hybridized carbons (Fsp3) is 0.167. The largest absolute Gasteiger partial charge is 0.352 e. The second kappa shape index (κ2) is 8.49. The number of hydrogen-bond acceptors (Lipinski definition) is 4. The Morgan fingerprint density at radius 2 is 1.77 bits per heavy atom. The molecule has 26 heavy (non-hydrogen) atoms. The zero-order chi connectivity index (χ0) is 18.5. The number of thiazole rings is 1. The zero-order valence-electron chi connectivity index (χ0n) is 13.6. The first-order valence-electron chi connectivity index (χ1n) is 7.91. The lowest BCUT2D eigenvalue weighted by atomic mass is 10.2. The lowest BCUT2D eigenvalue weighted by molar-refractivity contribution is -0.116. The van der Waals surface area contributed by atoms with Crippen LogP contribution in [0.3, 0.4) is 0 Å². The molecule has 2 N–H and O–H groups in total. The molecule has 3 rings (SSSR count). The normalized spacial score (nSPS) is 10.7. The summed E-state index contributed by atoms with van der Waals surface area (Å²) in [4.78, 5) is 28.3. The summed E-state index contributed by atoms with van der Waals surface area (Å²) in [5.41, 5.74) is 1.33. The van der Waals surface area contributed by atoms with E-state index in [1.54, 1.807) is 30.3 Å². The number of nitrogens with one attached hydrogen (secondary N) is 2. The highest BCUT2D eigenvalue weighted by molar-refractivity contribution is 7.22. The van der Waals surface area contributed by atoms with E-state index in [9.17, 15) is 9.59 Å². The maximum atomic E-state index is 12.0. The van der Waals surface area contributed by atoms with Crippen LogP contribution in [0.25, 0.3) is 10.2 Å². The van der Waals surface area contributed by atoms with Gasteiger partial charge in [-0.25, -0.2) is 4.98 Å². The van der Waals surface area contributed by atoms with Crippen molar-refractivity contribution in [1.82, 2.24) is 10.3 Å². The summed E-state index contributed by atoms with van der Waals surface area (Å²) in [6.45, 7) is 0.407. The maximum Gasteiger partial charge on any atom is 0.251 e. The highest BCUT2D eigenvalue weighted by Gasteiger charge is 2.09. The minimum Gasteiger partial charge on any atom is -0.352 e. The molecule has 0 bridgehead atoms. The van der Waals surface area contributed by atoms with Crippen LogP contribution in [0.15, 0.2) is 42.5 Å². The molecule has 1 aromatic heterocycles. The first-order valence-corrected chi connectivity index (χ1v) is 9.48. The number of halogens is 2. The fourth-order valence-electron chi connectivity index (χ4n) is 2.29. The molecule has 0 saturated carbocycles. The summed E-state index contributed by atoms with van der Waals surface area (Å²) in [6.07, 6.45) is 0.819. The lowest BCUT2D eigenvalue weighted by Gasteiger charge is -2.05. The molecule has 5 nitrogen and oxygen atoms in total. The van der Waals surface area contributed by atoms with Gasteiger partial charge in [0.05, 0.1) is 10.2 Å². The van der Waals surface area contributed by atoms with Gasteiger partial charge in [-0.15, -0.1) is 0 Å². The standard InChI is InChI=1S/C18H15Cl2N3O2S/c19-12-5-3-11(4-6-12)17(25)21-9-1-2-16(24)23-18-22-14-8-7-13(20)10-15(14)26-18/h3-8,10H,1-2,9H2,(H,21,25)(H,22,23,24). The lowest BCUT2D eigenvalue weighted by Crippen LogP contribution is -2.25. The number of fused-ring (bicyclic) bond motifs is 1. The number of nitrogens with zero attached hydrogens (tertiary/aromatic N) is 1. The third-order valence-electron chi connectivity index (χ3n) is 3.57. The van der Waals surface area contributed by atoms with E-state index in [2.05, 4.69) is 15.6 Å². The minimum absolute atomic E-state index is 0.143. The maximum absolute atomic E-state index is 12.0. The predicted octanol–water partition coefficient (Wildman–Crippen LogP) is 4.75. The first-order chi connectivity index (χ1) is 12.5. The summed E-state index contributed by atoms with van der Waals surface area (Å²) < 4.78 is 0.919. The third-order valence-corrected chi connectivity index (χ3v) is 4.99. The molecule has 2 amide bonds. The Labute approximate surface area is 164 Å². The number of anilines is 1. The van der Waals surface area contributed by atoms with Gasteiger partial charge in [0.1, 0.15) is 0 Å². The van der Waals surface area contributed by atoms with Crippen molar-refractivity contribution in [2.24, 2.45) is 0 Å². The summed E-state index contributed by atoms with van der Waals surface area (Å²) in [5, 5.41) is 7.30. The Hall–Kier alpha value is -2.15. The molecule has 3 aromatic rings. The van der Waals surface area contributed by atoms with Crippen molar-refractivity contribution in [1.29, 1.82) is 0 Å². The first kappa shape index (κ1) is 18.6. The number of benzene rings is 2. The van der Waals surface area contributed by atoms with Crippen LogP contribution in [0, 0.1) is 0 Å². The Bertz CT molecular complexity index is 941. The molecule has 1 heterocycles. The van der Waals surface area contributed by atoms with Crippen molar-refractivity contribution >= 4 is 61.7 Å². The molecule has 0 radical (unpaired) electrons. The molecule has 0 unspecified atom stereocenters. The van der Waals surface area contributed by atoms with Crippen molar-refractivity contribution < 1.29 is 9.59 Å². The average molecular weight is 408 g/mol. The quantitative estimate of drug-likeness (QED) is 0.578. The predicted molar refractivity (Wildman–Crippen MR) is 106 cm³/mol. The van der Waals surface area contributed by atoms with Crippen LogP contribution in [0.1, 0.15) is 23.2 Å². The van der Waals surface area contributed by atoms with Gasteiger partial charge in [-0.05, 0) is 48.9 Å².